The monoisotopic (exact) mass is 497 g/mol. The van der Waals surface area contributed by atoms with Crippen molar-refractivity contribution in [3.05, 3.63) is 82.8 Å². The number of anilines is 1. The molecule has 1 fully saturated rings. The number of carbonyl (C=O) groups is 1. The summed E-state index contributed by atoms with van der Waals surface area (Å²) in [7, 11) is 5.48. The van der Waals surface area contributed by atoms with Crippen LogP contribution in [-0.2, 0) is 0 Å². The van der Waals surface area contributed by atoms with Crippen LogP contribution in [0.3, 0.4) is 0 Å². The fourth-order valence-corrected chi connectivity index (χ4v) is 5.21. The van der Waals surface area contributed by atoms with E-state index < -0.39 is 0 Å². The summed E-state index contributed by atoms with van der Waals surface area (Å²) in [5.41, 5.74) is 8.62. The van der Waals surface area contributed by atoms with Crippen molar-refractivity contribution < 1.29 is 4.79 Å². The van der Waals surface area contributed by atoms with Crippen LogP contribution in [0.5, 0.6) is 0 Å². The smallest absolute Gasteiger partial charge is 0.253 e. The normalized spacial score (nSPS) is 18.5. The number of pyridine rings is 2. The van der Waals surface area contributed by atoms with Gasteiger partial charge in [0.15, 0.2) is 0 Å². The highest BCUT2D eigenvalue weighted by atomic mass is 16.2. The summed E-state index contributed by atoms with van der Waals surface area (Å²) in [5.74, 6) is 0.577. The fourth-order valence-electron chi connectivity index (χ4n) is 5.21. The van der Waals surface area contributed by atoms with E-state index in [4.69, 9.17) is 0 Å². The Hall–Kier alpha value is -3.51. The summed E-state index contributed by atoms with van der Waals surface area (Å²) < 4.78 is 0. The van der Waals surface area contributed by atoms with Crippen molar-refractivity contribution in [3.8, 4) is 11.3 Å². The number of hydrogen-bond acceptors (Lipinski definition) is 5. The van der Waals surface area contributed by atoms with Gasteiger partial charge in [0.05, 0.1) is 17.6 Å². The van der Waals surface area contributed by atoms with E-state index in [1.54, 1.807) is 19.0 Å². The van der Waals surface area contributed by atoms with Crippen LogP contribution in [0.15, 0.2) is 60.4 Å². The Labute approximate surface area is 221 Å². The molecule has 4 rings (SSSR count). The van der Waals surface area contributed by atoms with E-state index in [0.29, 0.717) is 12.0 Å². The summed E-state index contributed by atoms with van der Waals surface area (Å²) in [4.78, 5) is 25.6. The second-order valence-electron chi connectivity index (χ2n) is 10.4. The lowest BCUT2D eigenvalue weighted by atomic mass is 9.85. The van der Waals surface area contributed by atoms with Crippen molar-refractivity contribution in [2.24, 2.45) is 0 Å². The number of aromatic nitrogens is 2. The second kappa shape index (κ2) is 11.7. The van der Waals surface area contributed by atoms with Gasteiger partial charge in [-0.05, 0) is 82.0 Å². The van der Waals surface area contributed by atoms with Crippen LogP contribution in [0, 0.1) is 6.92 Å². The molecule has 2 aromatic heterocycles. The largest absolute Gasteiger partial charge is 0.387 e. The molecular formula is C31H39N5O. The van der Waals surface area contributed by atoms with Gasteiger partial charge in [0.25, 0.3) is 5.91 Å². The van der Waals surface area contributed by atoms with Crippen molar-refractivity contribution >= 4 is 17.7 Å². The third kappa shape index (κ3) is 6.25. The van der Waals surface area contributed by atoms with Gasteiger partial charge in [-0.3, -0.25) is 19.7 Å². The highest BCUT2D eigenvalue weighted by Crippen LogP contribution is 2.33. The van der Waals surface area contributed by atoms with Gasteiger partial charge in [0.1, 0.15) is 0 Å². The SMILES string of the molecule is CNc1ccc(-c2ccnc(C)c2/C=C(\C)CN2CCC(c3ccc(C(=O)N(C)C)cc3)CC2C)nc1. The predicted molar refractivity (Wildman–Crippen MR) is 153 cm³/mol. The molecule has 0 aliphatic carbocycles. The summed E-state index contributed by atoms with van der Waals surface area (Å²) in [5, 5.41) is 3.13. The molecule has 1 saturated heterocycles. The average molecular weight is 498 g/mol. The van der Waals surface area contributed by atoms with Crippen LogP contribution in [0.1, 0.15) is 59.8 Å². The molecule has 1 N–H and O–H groups in total. The first-order valence-corrected chi connectivity index (χ1v) is 13.1. The Morgan fingerprint density at radius 2 is 1.89 bits per heavy atom. The van der Waals surface area contributed by atoms with Gasteiger partial charge in [-0.1, -0.05) is 23.8 Å². The quantitative estimate of drug-likeness (QED) is 0.443. The molecule has 6 heteroatoms. The number of aryl methyl sites for hydroxylation is 1. The van der Waals surface area contributed by atoms with Crippen LogP contribution >= 0.6 is 0 Å². The van der Waals surface area contributed by atoms with Crippen molar-refractivity contribution in [1.82, 2.24) is 19.8 Å². The molecule has 1 aliphatic heterocycles. The average Bonchev–Trinajstić information content (AvgIpc) is 2.90. The maximum absolute atomic E-state index is 12.2. The maximum atomic E-state index is 12.2. The standard InChI is InChI=1S/C31H39N5O/c1-21(17-29-23(3)33-15-13-28(29)30-12-11-27(32-4)19-34-30)20-36-16-14-26(18-22(36)2)24-7-9-25(10-8-24)31(37)35(5)6/h7-13,15,17,19,22,26,32H,14,16,18,20H2,1-6H3/b21-17+. The number of carbonyl (C=O) groups excluding carboxylic acids is 1. The summed E-state index contributed by atoms with van der Waals surface area (Å²) in [6.07, 6.45) is 8.25. The van der Waals surface area contributed by atoms with E-state index in [2.05, 4.69) is 77.4 Å². The first-order chi connectivity index (χ1) is 17.8. The first-order valence-electron chi connectivity index (χ1n) is 13.1. The zero-order valence-corrected chi connectivity index (χ0v) is 23.0. The van der Waals surface area contributed by atoms with E-state index in [0.717, 1.165) is 59.7 Å². The molecule has 1 aromatic carbocycles. The van der Waals surface area contributed by atoms with Crippen molar-refractivity contribution in [2.45, 2.75) is 45.6 Å². The van der Waals surface area contributed by atoms with E-state index >= 15 is 0 Å². The summed E-state index contributed by atoms with van der Waals surface area (Å²) in [6.45, 7) is 8.60. The minimum atomic E-state index is 0.0507. The van der Waals surface area contributed by atoms with Gasteiger partial charge in [0, 0.05) is 62.3 Å². The number of amides is 1. The Morgan fingerprint density at radius 3 is 2.51 bits per heavy atom. The molecule has 1 amide bonds. The Morgan fingerprint density at radius 1 is 1.14 bits per heavy atom. The Kier molecular flexibility index (Phi) is 8.39. The molecule has 1 aliphatic rings. The topological polar surface area (TPSA) is 61.4 Å². The number of rotatable bonds is 7. The number of benzene rings is 1. The summed E-state index contributed by atoms with van der Waals surface area (Å²) >= 11 is 0. The number of nitrogens with one attached hydrogen (secondary N) is 1. The predicted octanol–water partition coefficient (Wildman–Crippen LogP) is 5.87. The molecule has 0 radical (unpaired) electrons. The van der Waals surface area contributed by atoms with Gasteiger partial charge in [-0.25, -0.2) is 0 Å². The lowest BCUT2D eigenvalue weighted by Gasteiger charge is -2.38. The lowest BCUT2D eigenvalue weighted by molar-refractivity contribution is 0.0827. The fraction of sp³-hybridized carbons (Fsp3) is 0.387. The van der Waals surface area contributed by atoms with E-state index in [1.165, 1.54) is 11.1 Å². The third-order valence-corrected chi connectivity index (χ3v) is 7.41. The van der Waals surface area contributed by atoms with E-state index in [-0.39, 0.29) is 5.91 Å². The third-order valence-electron chi connectivity index (χ3n) is 7.41. The molecular weight excluding hydrogens is 458 g/mol. The molecule has 194 valence electrons. The molecule has 3 heterocycles. The van der Waals surface area contributed by atoms with Crippen LogP contribution < -0.4 is 5.32 Å². The van der Waals surface area contributed by atoms with E-state index in [1.807, 2.05) is 31.6 Å². The Balaban J connectivity index is 1.44. The molecule has 0 spiro atoms. The minimum absolute atomic E-state index is 0.0507. The maximum Gasteiger partial charge on any atom is 0.253 e. The van der Waals surface area contributed by atoms with Gasteiger partial charge < -0.3 is 10.2 Å². The summed E-state index contributed by atoms with van der Waals surface area (Å²) in [6, 6.07) is 14.9. The molecule has 2 atom stereocenters. The molecule has 37 heavy (non-hydrogen) atoms. The number of hydrogen-bond donors (Lipinski definition) is 1. The van der Waals surface area contributed by atoms with Crippen LogP contribution in [0.2, 0.25) is 0 Å². The second-order valence-corrected chi connectivity index (χ2v) is 10.4. The lowest BCUT2D eigenvalue weighted by Crippen LogP contribution is -2.40. The van der Waals surface area contributed by atoms with Gasteiger partial charge in [-0.2, -0.15) is 0 Å². The van der Waals surface area contributed by atoms with Gasteiger partial charge in [0.2, 0.25) is 0 Å². The zero-order valence-electron chi connectivity index (χ0n) is 23.0. The van der Waals surface area contributed by atoms with Crippen LogP contribution in [-0.4, -0.2) is 65.9 Å². The number of likely N-dealkylation sites (tertiary alicyclic amines) is 1. The van der Waals surface area contributed by atoms with Gasteiger partial charge >= 0.3 is 0 Å². The molecule has 0 bridgehead atoms. The zero-order chi connectivity index (χ0) is 26.5. The van der Waals surface area contributed by atoms with Gasteiger partial charge in [-0.15, -0.1) is 0 Å². The molecule has 3 aromatic rings. The molecule has 0 saturated carbocycles. The highest BCUT2D eigenvalue weighted by molar-refractivity contribution is 5.93. The highest BCUT2D eigenvalue weighted by Gasteiger charge is 2.26. The van der Waals surface area contributed by atoms with Crippen LogP contribution in [0.25, 0.3) is 17.3 Å². The number of nitrogens with zero attached hydrogens (tertiary/aromatic N) is 4. The number of piperidine rings is 1. The van der Waals surface area contributed by atoms with Crippen molar-refractivity contribution in [1.29, 1.82) is 0 Å². The van der Waals surface area contributed by atoms with Crippen molar-refractivity contribution in [3.63, 3.8) is 0 Å². The van der Waals surface area contributed by atoms with Crippen LogP contribution in [0.4, 0.5) is 5.69 Å². The van der Waals surface area contributed by atoms with E-state index in [9.17, 15) is 4.79 Å². The minimum Gasteiger partial charge on any atom is -0.387 e. The first kappa shape index (κ1) is 26.6. The van der Waals surface area contributed by atoms with Crippen molar-refractivity contribution in [2.75, 3.05) is 39.5 Å². The Bertz CT molecular complexity index is 1250. The molecule has 2 unspecified atom stereocenters. The molecule has 6 nitrogen and oxygen atoms in total.